The minimum Gasteiger partial charge on any atom is -0.497 e. The van der Waals surface area contributed by atoms with E-state index in [1.807, 2.05) is 54.6 Å². The van der Waals surface area contributed by atoms with Gasteiger partial charge in [-0.1, -0.05) is 48.5 Å². The summed E-state index contributed by atoms with van der Waals surface area (Å²) < 4.78 is 5.30. The molecule has 0 amide bonds. The second-order valence-electron chi connectivity index (χ2n) is 6.51. The van der Waals surface area contributed by atoms with Gasteiger partial charge in [-0.3, -0.25) is 4.79 Å². The third kappa shape index (κ3) is 4.10. The summed E-state index contributed by atoms with van der Waals surface area (Å²) in [6, 6.07) is 24.2. The standard InChI is InChI=1S/C23H20N2O2S/c1-27-18-9-5-8-17(12-18)13-22-20-11-10-19(14-21(20)23(26)25-24-22)28-15-16-6-3-2-4-7-16/h2-12,14H,13,15H2,1H3,(H,25,26). The zero-order valence-electron chi connectivity index (χ0n) is 15.5. The fraction of sp³-hybridized carbons (Fsp3) is 0.130. The molecule has 0 spiro atoms. The van der Waals surface area contributed by atoms with Crippen LogP contribution in [-0.2, 0) is 12.2 Å². The average molecular weight is 388 g/mol. The Kier molecular flexibility index (Phi) is 5.44. The average Bonchev–Trinajstić information content (AvgIpc) is 2.75. The van der Waals surface area contributed by atoms with Gasteiger partial charge in [-0.25, -0.2) is 5.10 Å². The Hall–Kier alpha value is -3.05. The van der Waals surface area contributed by atoms with Crippen LogP contribution in [0.15, 0.2) is 82.5 Å². The molecule has 0 aliphatic rings. The molecule has 0 aliphatic carbocycles. The molecule has 0 unspecified atom stereocenters. The van der Waals surface area contributed by atoms with Crippen LogP contribution in [0.1, 0.15) is 16.8 Å². The first-order chi connectivity index (χ1) is 13.7. The minimum absolute atomic E-state index is 0.161. The normalized spacial score (nSPS) is 10.9. The quantitative estimate of drug-likeness (QED) is 0.482. The number of aromatic nitrogens is 2. The molecule has 4 aromatic rings. The van der Waals surface area contributed by atoms with Gasteiger partial charge < -0.3 is 4.74 Å². The van der Waals surface area contributed by atoms with Crippen molar-refractivity contribution >= 4 is 22.5 Å². The summed E-state index contributed by atoms with van der Waals surface area (Å²) in [6.45, 7) is 0. The number of methoxy groups -OCH3 is 1. The van der Waals surface area contributed by atoms with Crippen LogP contribution in [0.2, 0.25) is 0 Å². The van der Waals surface area contributed by atoms with Gasteiger partial charge in [0.2, 0.25) is 0 Å². The molecule has 0 bridgehead atoms. The van der Waals surface area contributed by atoms with Gasteiger partial charge in [0.25, 0.3) is 5.56 Å². The van der Waals surface area contributed by atoms with Crippen molar-refractivity contribution in [2.24, 2.45) is 0 Å². The lowest BCUT2D eigenvalue weighted by molar-refractivity contribution is 0.414. The summed E-state index contributed by atoms with van der Waals surface area (Å²) in [7, 11) is 1.65. The molecule has 4 nitrogen and oxygen atoms in total. The van der Waals surface area contributed by atoms with Crippen molar-refractivity contribution in [3.8, 4) is 5.75 Å². The summed E-state index contributed by atoms with van der Waals surface area (Å²) in [5, 5.41) is 8.50. The Morgan fingerprint density at radius 2 is 1.75 bits per heavy atom. The van der Waals surface area contributed by atoms with E-state index in [2.05, 4.69) is 28.4 Å². The molecule has 1 aromatic heterocycles. The van der Waals surface area contributed by atoms with Crippen molar-refractivity contribution in [1.82, 2.24) is 10.2 Å². The van der Waals surface area contributed by atoms with E-state index in [4.69, 9.17) is 4.74 Å². The van der Waals surface area contributed by atoms with Crippen LogP contribution < -0.4 is 10.3 Å². The number of hydrogen-bond acceptors (Lipinski definition) is 4. The highest BCUT2D eigenvalue weighted by Gasteiger charge is 2.09. The zero-order chi connectivity index (χ0) is 19.3. The van der Waals surface area contributed by atoms with E-state index >= 15 is 0 Å². The summed E-state index contributed by atoms with van der Waals surface area (Å²) >= 11 is 1.72. The maximum atomic E-state index is 12.4. The highest BCUT2D eigenvalue weighted by molar-refractivity contribution is 7.98. The molecule has 0 radical (unpaired) electrons. The highest BCUT2D eigenvalue weighted by atomic mass is 32.2. The molecular formula is C23H20N2O2S. The number of benzene rings is 3. The molecule has 0 atom stereocenters. The summed E-state index contributed by atoms with van der Waals surface area (Å²) in [5.74, 6) is 1.68. The lowest BCUT2D eigenvalue weighted by atomic mass is 10.0. The number of nitrogens with zero attached hydrogens (tertiary/aromatic N) is 1. The molecule has 0 saturated carbocycles. The first kappa shape index (κ1) is 18.3. The van der Waals surface area contributed by atoms with E-state index in [0.717, 1.165) is 33.0 Å². The predicted molar refractivity (Wildman–Crippen MR) is 114 cm³/mol. The number of fused-ring (bicyclic) bond motifs is 1. The van der Waals surface area contributed by atoms with Crippen molar-refractivity contribution < 1.29 is 4.74 Å². The lowest BCUT2D eigenvalue weighted by Crippen LogP contribution is -2.11. The molecule has 1 N–H and O–H groups in total. The van der Waals surface area contributed by atoms with E-state index < -0.39 is 0 Å². The number of hydrogen-bond donors (Lipinski definition) is 1. The van der Waals surface area contributed by atoms with Crippen molar-refractivity contribution in [2.75, 3.05) is 7.11 Å². The third-order valence-corrected chi connectivity index (χ3v) is 5.66. The van der Waals surface area contributed by atoms with Crippen molar-refractivity contribution in [3.05, 3.63) is 100.0 Å². The van der Waals surface area contributed by atoms with E-state index in [9.17, 15) is 4.79 Å². The Morgan fingerprint density at radius 1 is 0.929 bits per heavy atom. The van der Waals surface area contributed by atoms with Gasteiger partial charge in [0.15, 0.2) is 0 Å². The lowest BCUT2D eigenvalue weighted by Gasteiger charge is -2.08. The van der Waals surface area contributed by atoms with Gasteiger partial charge in [0.05, 0.1) is 18.2 Å². The van der Waals surface area contributed by atoms with Gasteiger partial charge in [0.1, 0.15) is 5.75 Å². The van der Waals surface area contributed by atoms with Crippen LogP contribution in [0.25, 0.3) is 10.8 Å². The third-order valence-electron chi connectivity index (χ3n) is 4.59. The first-order valence-electron chi connectivity index (χ1n) is 9.04. The maximum Gasteiger partial charge on any atom is 0.272 e. The molecular weight excluding hydrogens is 368 g/mol. The number of nitrogens with one attached hydrogen (secondary N) is 1. The van der Waals surface area contributed by atoms with E-state index in [1.165, 1.54) is 5.56 Å². The van der Waals surface area contributed by atoms with Gasteiger partial charge in [-0.05, 0) is 35.4 Å². The molecule has 0 aliphatic heterocycles. The van der Waals surface area contributed by atoms with E-state index in [0.29, 0.717) is 11.8 Å². The van der Waals surface area contributed by atoms with E-state index in [-0.39, 0.29) is 5.56 Å². The molecule has 3 aromatic carbocycles. The van der Waals surface area contributed by atoms with E-state index in [1.54, 1.807) is 18.9 Å². The highest BCUT2D eigenvalue weighted by Crippen LogP contribution is 2.27. The van der Waals surface area contributed by atoms with Gasteiger partial charge in [-0.15, -0.1) is 11.8 Å². The Balaban J connectivity index is 1.62. The van der Waals surface area contributed by atoms with Gasteiger partial charge >= 0.3 is 0 Å². The fourth-order valence-corrected chi connectivity index (χ4v) is 4.03. The van der Waals surface area contributed by atoms with Crippen LogP contribution in [-0.4, -0.2) is 17.3 Å². The maximum absolute atomic E-state index is 12.4. The zero-order valence-corrected chi connectivity index (χ0v) is 16.3. The second kappa shape index (κ2) is 8.31. The Bertz CT molecular complexity index is 1160. The van der Waals surface area contributed by atoms with Crippen LogP contribution in [0.5, 0.6) is 5.75 Å². The molecule has 1 heterocycles. The number of thioether (sulfide) groups is 1. The smallest absolute Gasteiger partial charge is 0.272 e. The first-order valence-corrected chi connectivity index (χ1v) is 10.0. The topological polar surface area (TPSA) is 55.0 Å². The molecule has 140 valence electrons. The predicted octanol–water partition coefficient (Wildman–Crippen LogP) is 4.81. The van der Waals surface area contributed by atoms with Crippen molar-refractivity contribution in [1.29, 1.82) is 0 Å². The second-order valence-corrected chi connectivity index (χ2v) is 7.56. The molecule has 28 heavy (non-hydrogen) atoms. The Morgan fingerprint density at radius 3 is 2.57 bits per heavy atom. The van der Waals surface area contributed by atoms with Gasteiger partial charge in [-0.2, -0.15) is 5.10 Å². The largest absolute Gasteiger partial charge is 0.497 e. The number of aromatic amines is 1. The summed E-state index contributed by atoms with van der Waals surface area (Å²) in [5.41, 5.74) is 3.03. The fourth-order valence-electron chi connectivity index (χ4n) is 3.14. The SMILES string of the molecule is COc1cccc(Cc2n[nH]c(=O)c3cc(SCc4ccccc4)ccc23)c1. The van der Waals surface area contributed by atoms with Gasteiger partial charge in [0, 0.05) is 22.5 Å². The number of H-pyrrole nitrogens is 1. The molecule has 0 fully saturated rings. The van der Waals surface area contributed by atoms with Crippen LogP contribution in [0.3, 0.4) is 0 Å². The van der Waals surface area contributed by atoms with Crippen LogP contribution >= 0.6 is 11.8 Å². The Labute approximate surface area is 167 Å². The summed E-state index contributed by atoms with van der Waals surface area (Å²) in [4.78, 5) is 13.4. The molecule has 4 rings (SSSR count). The molecule has 5 heteroatoms. The number of ether oxygens (including phenoxy) is 1. The van der Waals surface area contributed by atoms with Crippen LogP contribution in [0.4, 0.5) is 0 Å². The summed E-state index contributed by atoms with van der Waals surface area (Å²) in [6.07, 6.45) is 0.626. The molecule has 0 saturated heterocycles. The monoisotopic (exact) mass is 388 g/mol. The van der Waals surface area contributed by atoms with Crippen LogP contribution in [0, 0.1) is 0 Å². The van der Waals surface area contributed by atoms with Crippen molar-refractivity contribution in [2.45, 2.75) is 17.1 Å². The minimum atomic E-state index is -0.161. The van der Waals surface area contributed by atoms with Crippen molar-refractivity contribution in [3.63, 3.8) is 0 Å². The number of rotatable bonds is 6.